The zero-order chi connectivity index (χ0) is 21.6. The third-order valence-electron chi connectivity index (χ3n) is 3.98. The molecule has 154 valence electrons. The lowest BCUT2D eigenvalue weighted by molar-refractivity contribution is -0.130. The van der Waals surface area contributed by atoms with Gasteiger partial charge in [0.1, 0.15) is 0 Å². The number of hydrogen-bond donors (Lipinski definition) is 2. The molecule has 0 radical (unpaired) electrons. The first-order chi connectivity index (χ1) is 13.7. The molecule has 2 amide bonds. The molecule has 0 saturated carbocycles. The van der Waals surface area contributed by atoms with Crippen LogP contribution in [0.3, 0.4) is 0 Å². The van der Waals surface area contributed by atoms with Crippen molar-refractivity contribution in [2.45, 2.75) is 26.4 Å². The predicted molar refractivity (Wildman–Crippen MR) is 98.7 cm³/mol. The molecule has 0 aromatic heterocycles. The second kappa shape index (κ2) is 9.72. The first-order valence-electron chi connectivity index (χ1n) is 8.73. The second-order valence-electron chi connectivity index (χ2n) is 6.09. The molecule has 0 aliphatic carbocycles. The molecule has 0 aliphatic heterocycles. The van der Waals surface area contributed by atoms with E-state index in [0.717, 1.165) is 18.1 Å². The van der Waals surface area contributed by atoms with Gasteiger partial charge in [-0.2, -0.15) is 0 Å². The number of rotatable bonds is 7. The quantitative estimate of drug-likeness (QED) is 0.545. The van der Waals surface area contributed by atoms with Crippen LogP contribution >= 0.6 is 0 Å². The van der Waals surface area contributed by atoms with Gasteiger partial charge in [-0.15, -0.1) is 0 Å². The number of nitrogens with one attached hydrogen (secondary N) is 2. The Morgan fingerprint density at radius 2 is 1.66 bits per heavy atom. The van der Waals surface area contributed by atoms with Gasteiger partial charge < -0.3 is 15.4 Å². The minimum absolute atomic E-state index is 0.272. The van der Waals surface area contributed by atoms with Crippen molar-refractivity contribution in [2.24, 2.45) is 0 Å². The van der Waals surface area contributed by atoms with Gasteiger partial charge in [0.05, 0.1) is 17.8 Å². The standard InChI is InChI=1S/C20H19F3N2O4/c1-3-12-4-6-13(7-5-12)20(28)29-11(2)19(27)24-10-16(26)25-15-9-8-14(21)17(22)18(15)23/h4-9,11H,3,10H2,1-2H3,(H,24,27)(H,25,26). The Bertz CT molecular complexity index is 917. The van der Waals surface area contributed by atoms with Crippen LogP contribution in [0.4, 0.5) is 18.9 Å². The maximum absolute atomic E-state index is 13.5. The Hall–Kier alpha value is -3.36. The lowest BCUT2D eigenvalue weighted by Crippen LogP contribution is -2.40. The first kappa shape index (κ1) is 21.9. The molecule has 9 heteroatoms. The summed E-state index contributed by atoms with van der Waals surface area (Å²) in [6, 6.07) is 8.19. The summed E-state index contributed by atoms with van der Waals surface area (Å²) in [5.74, 6) is -7.01. The van der Waals surface area contributed by atoms with Gasteiger partial charge in [-0.1, -0.05) is 19.1 Å². The fraction of sp³-hybridized carbons (Fsp3) is 0.250. The molecule has 0 bridgehead atoms. The number of halogens is 3. The Labute approximate surface area is 165 Å². The number of amides is 2. The highest BCUT2D eigenvalue weighted by Gasteiger charge is 2.20. The van der Waals surface area contributed by atoms with Gasteiger partial charge in [-0.25, -0.2) is 18.0 Å². The van der Waals surface area contributed by atoms with Gasteiger partial charge in [0.15, 0.2) is 23.6 Å². The fourth-order valence-corrected chi connectivity index (χ4v) is 2.29. The lowest BCUT2D eigenvalue weighted by Gasteiger charge is -2.14. The molecular formula is C20H19F3N2O4. The summed E-state index contributed by atoms with van der Waals surface area (Å²) in [5.41, 5.74) is 0.738. The summed E-state index contributed by atoms with van der Waals surface area (Å²) >= 11 is 0. The van der Waals surface area contributed by atoms with Crippen molar-refractivity contribution in [3.63, 3.8) is 0 Å². The summed E-state index contributed by atoms with van der Waals surface area (Å²) < 4.78 is 44.6. The van der Waals surface area contributed by atoms with Gasteiger partial charge in [0.2, 0.25) is 5.91 Å². The SMILES string of the molecule is CCc1ccc(C(=O)OC(C)C(=O)NCC(=O)Nc2ccc(F)c(F)c2F)cc1. The van der Waals surface area contributed by atoms with E-state index in [2.05, 4.69) is 5.32 Å². The zero-order valence-electron chi connectivity index (χ0n) is 15.7. The Kier molecular flexibility index (Phi) is 7.35. The molecule has 2 N–H and O–H groups in total. The molecular weight excluding hydrogens is 389 g/mol. The highest BCUT2D eigenvalue weighted by atomic mass is 19.2. The number of anilines is 1. The number of ether oxygens (including phenoxy) is 1. The van der Waals surface area contributed by atoms with Gasteiger partial charge in [0, 0.05) is 0 Å². The van der Waals surface area contributed by atoms with Crippen LogP contribution in [0.5, 0.6) is 0 Å². The monoisotopic (exact) mass is 408 g/mol. The molecule has 29 heavy (non-hydrogen) atoms. The topological polar surface area (TPSA) is 84.5 Å². The molecule has 2 aromatic rings. The molecule has 0 aliphatic rings. The van der Waals surface area contributed by atoms with Gasteiger partial charge in [-0.05, 0) is 43.2 Å². The summed E-state index contributed by atoms with van der Waals surface area (Å²) in [6.07, 6.45) is -0.383. The highest BCUT2D eigenvalue weighted by Crippen LogP contribution is 2.19. The van der Waals surface area contributed by atoms with Gasteiger partial charge in [0.25, 0.3) is 5.91 Å². The molecule has 0 saturated heterocycles. The van der Waals surface area contributed by atoms with E-state index in [-0.39, 0.29) is 5.56 Å². The van der Waals surface area contributed by atoms with E-state index in [1.54, 1.807) is 24.3 Å². The van der Waals surface area contributed by atoms with Crippen LogP contribution in [-0.4, -0.2) is 30.4 Å². The van der Waals surface area contributed by atoms with Crippen molar-refractivity contribution in [2.75, 3.05) is 11.9 Å². The molecule has 6 nitrogen and oxygen atoms in total. The minimum atomic E-state index is -1.72. The molecule has 1 atom stereocenters. The molecule has 0 fully saturated rings. The zero-order valence-corrected chi connectivity index (χ0v) is 15.7. The van der Waals surface area contributed by atoms with E-state index >= 15 is 0 Å². The number of benzene rings is 2. The second-order valence-corrected chi connectivity index (χ2v) is 6.09. The summed E-state index contributed by atoms with van der Waals surface area (Å²) in [6.45, 7) is 2.70. The van der Waals surface area contributed by atoms with E-state index in [1.807, 2.05) is 12.2 Å². The maximum Gasteiger partial charge on any atom is 0.338 e. The molecule has 0 heterocycles. The van der Waals surface area contributed by atoms with E-state index in [9.17, 15) is 27.6 Å². The predicted octanol–water partition coefficient (Wildman–Crippen LogP) is 2.97. The number of hydrogen-bond acceptors (Lipinski definition) is 4. The average molecular weight is 408 g/mol. The number of aryl methyl sites for hydroxylation is 1. The smallest absolute Gasteiger partial charge is 0.338 e. The van der Waals surface area contributed by atoms with Crippen LogP contribution in [0.1, 0.15) is 29.8 Å². The van der Waals surface area contributed by atoms with Crippen LogP contribution in [0.15, 0.2) is 36.4 Å². The number of carbonyl (C=O) groups is 3. The molecule has 1 unspecified atom stereocenters. The van der Waals surface area contributed by atoms with Crippen LogP contribution in [0.2, 0.25) is 0 Å². The van der Waals surface area contributed by atoms with Crippen molar-refractivity contribution in [1.82, 2.24) is 5.32 Å². The van der Waals surface area contributed by atoms with Crippen molar-refractivity contribution in [3.05, 3.63) is 65.0 Å². The fourth-order valence-electron chi connectivity index (χ4n) is 2.29. The van der Waals surface area contributed by atoms with Crippen LogP contribution < -0.4 is 10.6 Å². The van der Waals surface area contributed by atoms with Gasteiger partial charge in [-0.3, -0.25) is 9.59 Å². The largest absolute Gasteiger partial charge is 0.449 e. The van der Waals surface area contributed by atoms with Crippen molar-refractivity contribution in [1.29, 1.82) is 0 Å². The van der Waals surface area contributed by atoms with E-state index in [4.69, 9.17) is 4.74 Å². The summed E-state index contributed by atoms with van der Waals surface area (Å²) in [7, 11) is 0. The highest BCUT2D eigenvalue weighted by molar-refractivity contribution is 5.96. The molecule has 2 rings (SSSR count). The van der Waals surface area contributed by atoms with E-state index < -0.39 is 53.6 Å². The Balaban J connectivity index is 1.85. The van der Waals surface area contributed by atoms with Crippen molar-refractivity contribution in [3.8, 4) is 0 Å². The summed E-state index contributed by atoms with van der Waals surface area (Å²) in [4.78, 5) is 35.8. The Morgan fingerprint density at radius 1 is 1.00 bits per heavy atom. The van der Waals surface area contributed by atoms with Gasteiger partial charge >= 0.3 is 5.97 Å². The first-order valence-corrected chi connectivity index (χ1v) is 8.73. The number of esters is 1. The van der Waals surface area contributed by atoms with E-state index in [1.165, 1.54) is 6.92 Å². The maximum atomic E-state index is 13.5. The molecule has 2 aromatic carbocycles. The number of carbonyl (C=O) groups excluding carboxylic acids is 3. The minimum Gasteiger partial charge on any atom is -0.449 e. The third-order valence-corrected chi connectivity index (χ3v) is 3.98. The average Bonchev–Trinajstić information content (AvgIpc) is 2.72. The lowest BCUT2D eigenvalue weighted by atomic mass is 10.1. The summed E-state index contributed by atoms with van der Waals surface area (Å²) in [5, 5.41) is 4.21. The van der Waals surface area contributed by atoms with Crippen LogP contribution in [0, 0.1) is 17.5 Å². The van der Waals surface area contributed by atoms with Crippen LogP contribution in [0.25, 0.3) is 0 Å². The Morgan fingerprint density at radius 3 is 2.28 bits per heavy atom. The van der Waals surface area contributed by atoms with E-state index in [0.29, 0.717) is 6.07 Å². The molecule has 0 spiro atoms. The third kappa shape index (κ3) is 5.81. The normalized spacial score (nSPS) is 11.5. The van der Waals surface area contributed by atoms with Crippen molar-refractivity contribution < 1.29 is 32.3 Å². The van der Waals surface area contributed by atoms with Crippen molar-refractivity contribution >= 4 is 23.5 Å². The van der Waals surface area contributed by atoms with Crippen LogP contribution in [-0.2, 0) is 20.7 Å².